The maximum atomic E-state index is 12.1. The average molecular weight is 427 g/mol. The van der Waals surface area contributed by atoms with Gasteiger partial charge < -0.3 is 19.3 Å². The fourth-order valence-corrected chi connectivity index (χ4v) is 3.28. The van der Waals surface area contributed by atoms with E-state index < -0.39 is 0 Å². The van der Waals surface area contributed by atoms with Gasteiger partial charge in [0.05, 0.1) is 13.2 Å². The monoisotopic (exact) mass is 427 g/mol. The number of anilines is 3. The molecule has 0 aliphatic carbocycles. The average Bonchev–Trinajstić information content (AvgIpc) is 3.27. The van der Waals surface area contributed by atoms with Gasteiger partial charge in [0.15, 0.2) is 5.13 Å². The molecule has 0 spiro atoms. The molecule has 0 saturated carbocycles. The number of benzene rings is 1. The van der Waals surface area contributed by atoms with Gasteiger partial charge in [-0.1, -0.05) is 0 Å². The normalized spacial score (nSPS) is 13.7. The lowest BCUT2D eigenvalue weighted by molar-refractivity contribution is 0.0827. The number of thiazole rings is 1. The minimum absolute atomic E-state index is 0.0775. The molecule has 4 rings (SSSR count). The fourth-order valence-electron chi connectivity index (χ4n) is 2.76. The maximum Gasteiger partial charge on any atom is 0.328 e. The molecule has 1 aliphatic heterocycles. The molecule has 0 unspecified atom stereocenters. The number of rotatable bonds is 6. The highest BCUT2D eigenvalue weighted by atomic mass is 32.1. The Morgan fingerprint density at radius 1 is 1.17 bits per heavy atom. The van der Waals surface area contributed by atoms with Crippen molar-refractivity contribution in [3.05, 3.63) is 41.4 Å². The van der Waals surface area contributed by atoms with E-state index in [4.69, 9.17) is 9.47 Å². The van der Waals surface area contributed by atoms with Crippen molar-refractivity contribution in [2.24, 2.45) is 0 Å². The number of hydrogen-bond donors (Lipinski definition) is 1. The van der Waals surface area contributed by atoms with Crippen molar-refractivity contribution in [1.29, 1.82) is 0 Å². The second-order valence-corrected chi connectivity index (χ2v) is 7.52. The predicted octanol–water partition coefficient (Wildman–Crippen LogP) is 2.40. The molecule has 1 aliphatic rings. The van der Waals surface area contributed by atoms with Gasteiger partial charge in [-0.3, -0.25) is 10.1 Å². The molecule has 156 valence electrons. The number of carbonyl (C=O) groups is 1. The standard InChI is InChI=1S/C19H21N7O3S/c1-25(2)15(27)13-3-5-14(6-4-13)29-18-22-16(23-19-20-7-12-30-19)21-17(24-18)26-8-10-28-11-9-26/h3-7,12H,8-11H2,1-2H3,(H,20,21,22,23,24). The zero-order valence-electron chi connectivity index (χ0n) is 16.6. The first-order chi connectivity index (χ1) is 14.6. The Hall–Kier alpha value is -3.31. The summed E-state index contributed by atoms with van der Waals surface area (Å²) < 4.78 is 11.3. The molecular formula is C19H21N7O3S. The Labute approximate surface area is 177 Å². The lowest BCUT2D eigenvalue weighted by atomic mass is 10.2. The molecule has 0 bridgehead atoms. The molecule has 0 radical (unpaired) electrons. The van der Waals surface area contributed by atoms with Gasteiger partial charge in [0, 0.05) is 44.3 Å². The summed E-state index contributed by atoms with van der Waals surface area (Å²) in [5.74, 6) is 1.29. The summed E-state index contributed by atoms with van der Waals surface area (Å²) in [7, 11) is 3.42. The summed E-state index contributed by atoms with van der Waals surface area (Å²) in [5, 5.41) is 5.62. The van der Waals surface area contributed by atoms with Gasteiger partial charge in [-0.25, -0.2) is 4.98 Å². The second kappa shape index (κ2) is 9.01. The molecule has 30 heavy (non-hydrogen) atoms. The lowest BCUT2D eigenvalue weighted by Crippen LogP contribution is -2.37. The highest BCUT2D eigenvalue weighted by Crippen LogP contribution is 2.24. The number of morpholine rings is 1. The van der Waals surface area contributed by atoms with E-state index in [1.54, 1.807) is 44.6 Å². The van der Waals surface area contributed by atoms with Gasteiger partial charge >= 0.3 is 6.01 Å². The lowest BCUT2D eigenvalue weighted by Gasteiger charge is -2.26. The molecule has 1 amide bonds. The number of ether oxygens (including phenoxy) is 2. The summed E-state index contributed by atoms with van der Waals surface area (Å²) in [6, 6.07) is 6.98. The van der Waals surface area contributed by atoms with E-state index in [0.717, 1.165) is 0 Å². The van der Waals surface area contributed by atoms with E-state index in [2.05, 4.69) is 25.3 Å². The zero-order chi connectivity index (χ0) is 20.9. The van der Waals surface area contributed by atoms with Crippen LogP contribution < -0.4 is 15.0 Å². The van der Waals surface area contributed by atoms with Crippen LogP contribution in [0.15, 0.2) is 35.8 Å². The van der Waals surface area contributed by atoms with Gasteiger partial charge in [0.25, 0.3) is 5.91 Å². The Kier molecular flexibility index (Phi) is 6.00. The number of amides is 1. The van der Waals surface area contributed by atoms with E-state index in [1.165, 1.54) is 16.2 Å². The molecule has 3 heterocycles. The molecule has 1 fully saturated rings. The molecule has 10 nitrogen and oxygen atoms in total. The molecule has 2 aromatic heterocycles. The molecule has 1 saturated heterocycles. The van der Waals surface area contributed by atoms with Crippen LogP contribution in [0.4, 0.5) is 17.0 Å². The summed E-state index contributed by atoms with van der Waals surface area (Å²) >= 11 is 1.44. The number of nitrogens with one attached hydrogen (secondary N) is 1. The molecule has 1 N–H and O–H groups in total. The van der Waals surface area contributed by atoms with Crippen LogP contribution in [0.2, 0.25) is 0 Å². The second-order valence-electron chi connectivity index (χ2n) is 6.63. The summed E-state index contributed by atoms with van der Waals surface area (Å²) in [6.45, 7) is 2.58. The summed E-state index contributed by atoms with van der Waals surface area (Å²) in [5.41, 5.74) is 0.572. The Balaban J connectivity index is 1.58. The SMILES string of the molecule is CN(C)C(=O)c1ccc(Oc2nc(Nc3nccs3)nc(N3CCOCC3)n2)cc1. The van der Waals surface area contributed by atoms with E-state index in [0.29, 0.717) is 54.6 Å². The first-order valence-electron chi connectivity index (χ1n) is 9.33. The maximum absolute atomic E-state index is 12.1. The van der Waals surface area contributed by atoms with E-state index in [9.17, 15) is 4.79 Å². The fraction of sp³-hybridized carbons (Fsp3) is 0.316. The molecular weight excluding hydrogens is 406 g/mol. The Morgan fingerprint density at radius 3 is 2.60 bits per heavy atom. The topological polar surface area (TPSA) is 106 Å². The highest BCUT2D eigenvalue weighted by molar-refractivity contribution is 7.13. The van der Waals surface area contributed by atoms with Gasteiger partial charge in [0.2, 0.25) is 11.9 Å². The highest BCUT2D eigenvalue weighted by Gasteiger charge is 2.18. The quantitative estimate of drug-likeness (QED) is 0.635. The molecule has 3 aromatic rings. The molecule has 1 aromatic carbocycles. The van der Waals surface area contributed by atoms with Crippen molar-refractivity contribution in [3.8, 4) is 11.8 Å². The first-order valence-corrected chi connectivity index (χ1v) is 10.2. The third-order valence-corrected chi connectivity index (χ3v) is 4.95. The Bertz CT molecular complexity index is 990. The minimum atomic E-state index is -0.0775. The van der Waals surface area contributed by atoms with E-state index in [1.807, 2.05) is 10.3 Å². The molecule has 11 heteroatoms. The van der Waals surface area contributed by atoms with Crippen molar-refractivity contribution in [2.45, 2.75) is 0 Å². The van der Waals surface area contributed by atoms with Crippen molar-refractivity contribution in [1.82, 2.24) is 24.8 Å². The van der Waals surface area contributed by atoms with Crippen molar-refractivity contribution >= 4 is 34.3 Å². The van der Waals surface area contributed by atoms with Crippen molar-refractivity contribution in [2.75, 3.05) is 50.6 Å². The first kappa shape index (κ1) is 20.0. The van der Waals surface area contributed by atoms with E-state index >= 15 is 0 Å². The van der Waals surface area contributed by atoms with Crippen LogP contribution in [0.5, 0.6) is 11.8 Å². The minimum Gasteiger partial charge on any atom is -0.424 e. The van der Waals surface area contributed by atoms with Crippen LogP contribution in [0, 0.1) is 0 Å². The van der Waals surface area contributed by atoms with E-state index in [-0.39, 0.29) is 11.9 Å². The van der Waals surface area contributed by atoms with Crippen LogP contribution in [0.25, 0.3) is 0 Å². The van der Waals surface area contributed by atoms with Gasteiger partial charge in [0.1, 0.15) is 5.75 Å². The van der Waals surface area contributed by atoms with Gasteiger partial charge in [-0.15, -0.1) is 11.3 Å². The third kappa shape index (κ3) is 4.81. The number of hydrogen-bond acceptors (Lipinski definition) is 10. The largest absolute Gasteiger partial charge is 0.424 e. The van der Waals surface area contributed by atoms with Crippen molar-refractivity contribution < 1.29 is 14.3 Å². The summed E-state index contributed by atoms with van der Waals surface area (Å²) in [4.78, 5) is 33.1. The van der Waals surface area contributed by atoms with Gasteiger partial charge in [-0.2, -0.15) is 15.0 Å². The van der Waals surface area contributed by atoms with Crippen molar-refractivity contribution in [3.63, 3.8) is 0 Å². The number of carbonyl (C=O) groups excluding carboxylic acids is 1. The van der Waals surface area contributed by atoms with Crippen LogP contribution in [0.3, 0.4) is 0 Å². The van der Waals surface area contributed by atoms with Crippen LogP contribution in [0.1, 0.15) is 10.4 Å². The van der Waals surface area contributed by atoms with Crippen LogP contribution in [-0.2, 0) is 4.74 Å². The number of aromatic nitrogens is 4. The zero-order valence-corrected chi connectivity index (χ0v) is 17.4. The van der Waals surface area contributed by atoms with Crippen LogP contribution in [-0.4, -0.2) is 71.1 Å². The smallest absolute Gasteiger partial charge is 0.328 e. The number of nitrogens with zero attached hydrogens (tertiary/aromatic N) is 6. The van der Waals surface area contributed by atoms with Gasteiger partial charge in [-0.05, 0) is 24.3 Å². The third-order valence-electron chi connectivity index (χ3n) is 4.26. The molecule has 0 atom stereocenters. The summed E-state index contributed by atoms with van der Waals surface area (Å²) in [6.07, 6.45) is 1.70. The Morgan fingerprint density at radius 2 is 1.93 bits per heavy atom. The van der Waals surface area contributed by atoms with Crippen LogP contribution >= 0.6 is 11.3 Å². The predicted molar refractivity (Wildman–Crippen MR) is 113 cm³/mol.